The van der Waals surface area contributed by atoms with E-state index in [-0.39, 0.29) is 23.6 Å². The van der Waals surface area contributed by atoms with Crippen molar-refractivity contribution in [3.05, 3.63) is 66.7 Å². The summed E-state index contributed by atoms with van der Waals surface area (Å²) in [5, 5.41) is 9.27. The number of alkyl halides is 3. The zero-order valence-electron chi connectivity index (χ0n) is 46.4. The van der Waals surface area contributed by atoms with Gasteiger partial charge in [-0.1, -0.05) is 215 Å². The van der Waals surface area contributed by atoms with Crippen molar-refractivity contribution in [2.75, 3.05) is 46.3 Å². The third kappa shape index (κ3) is 23.1. The summed E-state index contributed by atoms with van der Waals surface area (Å²) in [6, 6.07) is 20.9. The van der Waals surface area contributed by atoms with E-state index in [1.807, 2.05) is 61.5 Å². The lowest BCUT2D eigenvalue weighted by molar-refractivity contribution is -0.130. The van der Waals surface area contributed by atoms with E-state index >= 15 is 0 Å². The van der Waals surface area contributed by atoms with Crippen LogP contribution in [-0.2, 0) is 19.1 Å². The van der Waals surface area contributed by atoms with Crippen LogP contribution >= 0.6 is 34.8 Å². The van der Waals surface area contributed by atoms with Gasteiger partial charge in [0.05, 0.1) is 22.7 Å². The van der Waals surface area contributed by atoms with E-state index < -0.39 is 22.5 Å². The van der Waals surface area contributed by atoms with Crippen molar-refractivity contribution in [2.45, 2.75) is 218 Å². The van der Waals surface area contributed by atoms with Crippen LogP contribution < -0.4 is 30.7 Å². The molecule has 0 fully saturated rings. The Labute approximate surface area is 467 Å². The number of hydrogen-bond acceptors (Lipinski definition) is 7. The van der Waals surface area contributed by atoms with Crippen molar-refractivity contribution in [1.82, 2.24) is 10.6 Å². The first-order valence-electron chi connectivity index (χ1n) is 29.1. The number of para-hydroxylation sites is 1. The first kappa shape index (κ1) is 63.3. The number of anilines is 7. The monoisotopic (exact) mass is 1090 g/mol. The number of fused-ring (bicyclic) bond motifs is 2. The van der Waals surface area contributed by atoms with E-state index in [0.717, 1.165) is 107 Å². The first-order chi connectivity index (χ1) is 36.3. The van der Waals surface area contributed by atoms with E-state index in [4.69, 9.17) is 39.5 Å². The summed E-state index contributed by atoms with van der Waals surface area (Å²) in [7, 11) is 0. The summed E-state index contributed by atoms with van der Waals surface area (Å²) in [5.74, 6) is -0.0708. The zero-order chi connectivity index (χ0) is 54.3. The standard InChI is InChI=1S/C61H93Cl3N6O5/c1-6-10-11-12-13-14-15-16-17-18-19-21-25-28-34-39-57(72)67-58(48(5)7-2)59(73)65-44-35-29-26-23-20-22-24-27-33-38-56(71)66-49-40-42-52-54(45-49)69(50-36-31-30-32-37-50)55-46-51(68(8-3)9-4)41-43-53(55)70(52)60(74)75-47-61(62,63)64/h30-32,36-37,40-43,45-46,48,58H,6-29,33-35,38-39,44,47H2,1-5H3,(H,65,73)(H,66,71)(H,67,72)/t48?,58-/m0/s1. The summed E-state index contributed by atoms with van der Waals surface area (Å²) >= 11 is 18.0. The van der Waals surface area contributed by atoms with Gasteiger partial charge in [0, 0.05) is 49.5 Å². The molecule has 0 bridgehead atoms. The van der Waals surface area contributed by atoms with Gasteiger partial charge in [-0.2, -0.15) is 0 Å². The van der Waals surface area contributed by atoms with E-state index in [0.29, 0.717) is 42.1 Å². The maximum atomic E-state index is 13.9. The third-order valence-electron chi connectivity index (χ3n) is 14.6. The number of halogens is 3. The Hall–Kier alpha value is -4.19. The molecule has 2 atom stereocenters. The number of hydrogen-bond donors (Lipinski definition) is 3. The van der Waals surface area contributed by atoms with Crippen molar-refractivity contribution < 1.29 is 23.9 Å². The van der Waals surface area contributed by atoms with Gasteiger partial charge in [-0.25, -0.2) is 9.69 Å². The van der Waals surface area contributed by atoms with Crippen LogP contribution in [0.15, 0.2) is 66.7 Å². The lowest BCUT2D eigenvalue weighted by Gasteiger charge is -2.39. The van der Waals surface area contributed by atoms with Gasteiger partial charge in [-0.3, -0.25) is 14.4 Å². The average Bonchev–Trinajstić information content (AvgIpc) is 3.40. The number of ether oxygens (including phenoxy) is 1. The van der Waals surface area contributed by atoms with Crippen molar-refractivity contribution in [3.63, 3.8) is 0 Å². The smallest absolute Gasteiger partial charge is 0.419 e. The largest absolute Gasteiger partial charge is 0.444 e. The van der Waals surface area contributed by atoms with E-state index in [1.165, 1.54) is 88.4 Å². The van der Waals surface area contributed by atoms with Crippen molar-refractivity contribution in [1.29, 1.82) is 0 Å². The molecule has 0 saturated carbocycles. The number of nitrogens with zero attached hydrogens (tertiary/aromatic N) is 3. The fourth-order valence-electron chi connectivity index (χ4n) is 9.95. The molecule has 14 heteroatoms. The molecule has 4 rings (SSSR count). The van der Waals surface area contributed by atoms with E-state index in [9.17, 15) is 19.2 Å². The molecular weight excluding hydrogens is 1000 g/mol. The average molecular weight is 1100 g/mol. The molecule has 0 spiro atoms. The predicted molar refractivity (Wildman–Crippen MR) is 317 cm³/mol. The molecule has 0 aromatic heterocycles. The number of benzene rings is 3. The number of carbonyl (C=O) groups excluding carboxylic acids is 4. The maximum absolute atomic E-state index is 13.9. The van der Waals surface area contributed by atoms with Crippen LogP contribution in [0.1, 0.15) is 208 Å². The highest BCUT2D eigenvalue weighted by Gasteiger charge is 2.36. The number of nitrogens with one attached hydrogen (secondary N) is 3. The molecule has 0 radical (unpaired) electrons. The predicted octanol–water partition coefficient (Wildman–Crippen LogP) is 17.7. The molecule has 1 aliphatic rings. The van der Waals surface area contributed by atoms with E-state index in [1.54, 1.807) is 6.07 Å². The van der Waals surface area contributed by atoms with Crippen LogP contribution in [0, 0.1) is 5.92 Å². The molecule has 4 amide bonds. The highest BCUT2D eigenvalue weighted by Crippen LogP contribution is 2.53. The van der Waals surface area contributed by atoms with Crippen molar-refractivity contribution >= 4 is 98.4 Å². The molecular formula is C61H93Cl3N6O5. The van der Waals surface area contributed by atoms with Gasteiger partial charge in [0.1, 0.15) is 12.6 Å². The second kappa shape index (κ2) is 36.0. The van der Waals surface area contributed by atoms with Gasteiger partial charge in [0.2, 0.25) is 21.5 Å². The molecule has 11 nitrogen and oxygen atoms in total. The summed E-state index contributed by atoms with van der Waals surface area (Å²) in [6.45, 7) is 12.4. The molecule has 3 aromatic rings. The van der Waals surface area contributed by atoms with Crippen LogP contribution in [-0.4, -0.2) is 59.9 Å². The minimum Gasteiger partial charge on any atom is -0.444 e. The molecule has 1 heterocycles. The molecule has 0 saturated heterocycles. The summed E-state index contributed by atoms with van der Waals surface area (Å²) < 4.78 is 3.76. The minimum atomic E-state index is -1.79. The third-order valence-corrected chi connectivity index (χ3v) is 14.9. The summed E-state index contributed by atoms with van der Waals surface area (Å²) in [5.41, 5.74) is 5.07. The maximum Gasteiger partial charge on any atom is 0.419 e. The summed E-state index contributed by atoms with van der Waals surface area (Å²) in [6.07, 6.45) is 29.7. The van der Waals surface area contributed by atoms with Crippen LogP contribution in [0.25, 0.3) is 0 Å². The van der Waals surface area contributed by atoms with Gasteiger partial charge in [0.15, 0.2) is 0 Å². The Bertz CT molecular complexity index is 2120. The molecule has 3 aromatic carbocycles. The lowest BCUT2D eigenvalue weighted by atomic mass is 9.97. The van der Waals surface area contributed by atoms with Crippen molar-refractivity contribution in [2.24, 2.45) is 5.92 Å². The van der Waals surface area contributed by atoms with Crippen LogP contribution in [0.3, 0.4) is 0 Å². The molecule has 418 valence electrons. The second-order valence-electron chi connectivity index (χ2n) is 20.6. The summed E-state index contributed by atoms with van der Waals surface area (Å²) in [4.78, 5) is 59.0. The van der Waals surface area contributed by atoms with Gasteiger partial charge < -0.3 is 30.5 Å². The van der Waals surface area contributed by atoms with E-state index in [2.05, 4.69) is 59.5 Å². The van der Waals surface area contributed by atoms with Crippen LogP contribution in [0.4, 0.5) is 44.6 Å². The Balaban J connectivity index is 1.13. The number of amides is 4. The van der Waals surface area contributed by atoms with Gasteiger partial charge in [-0.15, -0.1) is 0 Å². The first-order valence-corrected chi connectivity index (χ1v) is 30.2. The second-order valence-corrected chi connectivity index (χ2v) is 23.1. The molecule has 75 heavy (non-hydrogen) atoms. The normalized spacial score (nSPS) is 12.9. The van der Waals surface area contributed by atoms with Gasteiger partial charge in [-0.05, 0) is 87.6 Å². The fourth-order valence-corrected chi connectivity index (χ4v) is 10.1. The SMILES string of the molecule is CCCCCCCCCCCCCCCCCC(=O)N[C@H](C(=O)NCCCCCCCCCCCC(=O)Nc1ccc2c(c1)N(c1ccccc1)c1cc(N(CC)CC)ccc1N2C(=O)OCC(Cl)(Cl)Cl)C(C)CC. The van der Waals surface area contributed by atoms with Crippen molar-refractivity contribution in [3.8, 4) is 0 Å². The molecule has 1 unspecified atom stereocenters. The Morgan fingerprint density at radius 3 is 1.60 bits per heavy atom. The topological polar surface area (TPSA) is 123 Å². The highest BCUT2D eigenvalue weighted by molar-refractivity contribution is 6.67. The van der Waals surface area contributed by atoms with Gasteiger partial charge >= 0.3 is 6.09 Å². The fraction of sp³-hybridized carbons (Fsp3) is 0.639. The molecule has 0 aliphatic carbocycles. The lowest BCUT2D eigenvalue weighted by Crippen LogP contribution is -2.50. The number of unbranched alkanes of at least 4 members (excludes halogenated alkanes) is 22. The zero-order valence-corrected chi connectivity index (χ0v) is 48.7. The Morgan fingerprint density at radius 1 is 0.587 bits per heavy atom. The van der Waals surface area contributed by atoms with Crippen LogP contribution in [0.5, 0.6) is 0 Å². The quantitative estimate of drug-likeness (QED) is 0.0386. The highest BCUT2D eigenvalue weighted by atomic mass is 35.6. The Morgan fingerprint density at radius 2 is 1.08 bits per heavy atom. The van der Waals surface area contributed by atoms with Crippen LogP contribution in [0.2, 0.25) is 0 Å². The number of carbonyl (C=O) groups is 4. The molecule has 3 N–H and O–H groups in total. The molecule has 1 aliphatic heterocycles. The number of rotatable bonds is 38. The Kier molecular flexibility index (Phi) is 30.4. The minimum absolute atomic E-state index is 0.0106. The van der Waals surface area contributed by atoms with Gasteiger partial charge in [0.25, 0.3) is 0 Å².